The smallest absolute Gasteiger partial charge is 0.203 e. The molecule has 1 atom stereocenters. The van der Waals surface area contributed by atoms with Crippen LogP contribution in [0.1, 0.15) is 6.92 Å². The maximum Gasteiger partial charge on any atom is 0.203 e. The van der Waals surface area contributed by atoms with E-state index in [1.165, 1.54) is 0 Å². The van der Waals surface area contributed by atoms with Crippen molar-refractivity contribution in [2.45, 2.75) is 13.0 Å². The number of likely N-dealkylation sites (N-methyl/N-ethyl adjacent to an activating group) is 1. The molecule has 0 radical (unpaired) electrons. The van der Waals surface area contributed by atoms with Crippen molar-refractivity contribution in [3.8, 4) is 17.2 Å². The lowest BCUT2D eigenvalue weighted by Gasteiger charge is -2.23. The molecule has 0 aliphatic carbocycles. The van der Waals surface area contributed by atoms with Crippen LogP contribution >= 0.6 is 0 Å². The molecule has 0 fully saturated rings. The highest BCUT2D eigenvalue weighted by molar-refractivity contribution is 5.51. The topological polar surface area (TPSA) is 30.9 Å². The molecule has 2 rings (SSSR count). The number of rotatable bonds is 4. The van der Waals surface area contributed by atoms with Crippen molar-refractivity contribution >= 4 is 0 Å². The minimum absolute atomic E-state index is 0. The van der Waals surface area contributed by atoms with Gasteiger partial charge in [0.15, 0.2) is 11.5 Å². The number of hydrogen-bond donors (Lipinski definition) is 0. The lowest BCUT2D eigenvalue weighted by Crippen LogP contribution is -3.00. The minimum Gasteiger partial charge on any atom is -1.00 e. The van der Waals surface area contributed by atoms with Crippen LogP contribution < -0.4 is 26.6 Å². The van der Waals surface area contributed by atoms with Gasteiger partial charge in [0.05, 0.1) is 0 Å². The molecule has 0 amide bonds. The highest BCUT2D eigenvalue weighted by atomic mass is 35.5. The van der Waals surface area contributed by atoms with Crippen molar-refractivity contribution < 1.29 is 26.6 Å². The van der Waals surface area contributed by atoms with Crippen molar-refractivity contribution in [2.75, 3.05) is 33.9 Å². The summed E-state index contributed by atoms with van der Waals surface area (Å²) in [6.07, 6.45) is 0. The second-order valence-electron chi connectivity index (χ2n) is 4.40. The second-order valence-corrected chi connectivity index (χ2v) is 4.40. The molecule has 4 nitrogen and oxygen atoms in total. The molecular formula is C13H19ClNO3-. The Kier molecular flexibility index (Phi) is 5.56. The van der Waals surface area contributed by atoms with Crippen molar-refractivity contribution in [3.05, 3.63) is 18.2 Å². The van der Waals surface area contributed by atoms with Crippen LogP contribution in [0, 0.1) is 0 Å². The van der Waals surface area contributed by atoms with E-state index in [9.17, 15) is 0 Å². The third-order valence-electron chi connectivity index (χ3n) is 2.89. The van der Waals surface area contributed by atoms with Gasteiger partial charge in [-0.05, 0) is 33.2 Å². The van der Waals surface area contributed by atoms with Crippen LogP contribution in [-0.2, 0) is 0 Å². The van der Waals surface area contributed by atoms with E-state index in [1.807, 2.05) is 32.3 Å². The minimum atomic E-state index is 0. The molecule has 102 valence electrons. The Bertz CT molecular complexity index is 384. The molecule has 1 unspecified atom stereocenters. The Hall–Kier alpha value is -1.13. The molecule has 1 aliphatic heterocycles. The number of halogens is 1. The number of benzene rings is 1. The summed E-state index contributed by atoms with van der Waals surface area (Å²) in [5.74, 6) is 2.26. The van der Waals surface area contributed by atoms with Gasteiger partial charge >= 0.3 is 0 Å². The SMILES string of the molecule is CC(COc1cccc2c1OCCO2)N(C)C.[Cl-]. The van der Waals surface area contributed by atoms with Gasteiger partial charge in [-0.1, -0.05) is 6.07 Å². The van der Waals surface area contributed by atoms with E-state index in [2.05, 4.69) is 11.8 Å². The van der Waals surface area contributed by atoms with Crippen LogP contribution in [0.15, 0.2) is 18.2 Å². The summed E-state index contributed by atoms with van der Waals surface area (Å²) in [7, 11) is 4.07. The lowest BCUT2D eigenvalue weighted by molar-refractivity contribution is -0.00000455. The fourth-order valence-electron chi connectivity index (χ4n) is 1.52. The molecule has 0 N–H and O–H groups in total. The van der Waals surface area contributed by atoms with Gasteiger partial charge in [0.1, 0.15) is 19.8 Å². The first kappa shape index (κ1) is 14.9. The van der Waals surface area contributed by atoms with Gasteiger partial charge in [0, 0.05) is 6.04 Å². The quantitative estimate of drug-likeness (QED) is 0.688. The predicted molar refractivity (Wildman–Crippen MR) is 66.1 cm³/mol. The highest BCUT2D eigenvalue weighted by Gasteiger charge is 2.17. The summed E-state index contributed by atoms with van der Waals surface area (Å²) in [5, 5.41) is 0. The van der Waals surface area contributed by atoms with E-state index in [0.29, 0.717) is 25.9 Å². The normalized spacial score (nSPS) is 14.9. The van der Waals surface area contributed by atoms with Crippen molar-refractivity contribution in [3.63, 3.8) is 0 Å². The average Bonchev–Trinajstić information content (AvgIpc) is 2.35. The first-order valence-corrected chi connectivity index (χ1v) is 5.86. The molecule has 1 heterocycles. The van der Waals surface area contributed by atoms with Gasteiger partial charge in [-0.3, -0.25) is 0 Å². The zero-order valence-electron chi connectivity index (χ0n) is 11.0. The van der Waals surface area contributed by atoms with E-state index >= 15 is 0 Å². The number of para-hydroxylation sites is 1. The van der Waals surface area contributed by atoms with Gasteiger partial charge in [0.25, 0.3) is 0 Å². The van der Waals surface area contributed by atoms with E-state index < -0.39 is 0 Å². The molecule has 18 heavy (non-hydrogen) atoms. The Morgan fingerprint density at radius 1 is 1.28 bits per heavy atom. The summed E-state index contributed by atoms with van der Waals surface area (Å²) in [4.78, 5) is 2.12. The van der Waals surface area contributed by atoms with E-state index in [-0.39, 0.29) is 12.4 Å². The first-order valence-electron chi connectivity index (χ1n) is 5.86. The molecule has 0 saturated heterocycles. The zero-order chi connectivity index (χ0) is 12.3. The molecule has 1 aromatic rings. The van der Waals surface area contributed by atoms with Crippen molar-refractivity contribution in [1.82, 2.24) is 4.90 Å². The molecule has 0 spiro atoms. The molecule has 5 heteroatoms. The van der Waals surface area contributed by atoms with Crippen LogP contribution in [0.4, 0.5) is 0 Å². The fraction of sp³-hybridized carbons (Fsp3) is 0.538. The van der Waals surface area contributed by atoms with Gasteiger partial charge in [-0.2, -0.15) is 0 Å². The number of ether oxygens (including phenoxy) is 3. The predicted octanol–water partition coefficient (Wildman–Crippen LogP) is -1.21. The maximum atomic E-state index is 5.78. The molecule has 0 aromatic heterocycles. The molecule has 1 aromatic carbocycles. The van der Waals surface area contributed by atoms with Crippen LogP contribution in [0.2, 0.25) is 0 Å². The summed E-state index contributed by atoms with van der Waals surface area (Å²) >= 11 is 0. The number of hydrogen-bond acceptors (Lipinski definition) is 4. The molecule has 1 aliphatic rings. The second kappa shape index (κ2) is 6.71. The third-order valence-corrected chi connectivity index (χ3v) is 2.89. The van der Waals surface area contributed by atoms with Crippen LogP contribution in [0.3, 0.4) is 0 Å². The Morgan fingerprint density at radius 2 is 2.00 bits per heavy atom. The Balaban J connectivity index is 0.00000162. The third kappa shape index (κ3) is 3.43. The van der Waals surface area contributed by atoms with Crippen LogP contribution in [-0.4, -0.2) is 44.9 Å². The summed E-state index contributed by atoms with van der Waals surface area (Å²) in [6.45, 7) is 3.93. The first-order chi connectivity index (χ1) is 8.18. The Labute approximate surface area is 114 Å². The van der Waals surface area contributed by atoms with Gasteiger partial charge in [-0.25, -0.2) is 0 Å². The van der Waals surface area contributed by atoms with E-state index in [0.717, 1.165) is 17.2 Å². The summed E-state index contributed by atoms with van der Waals surface area (Å²) in [5.41, 5.74) is 0. The van der Waals surface area contributed by atoms with Gasteiger partial charge in [-0.15, -0.1) is 0 Å². The largest absolute Gasteiger partial charge is 1.00 e. The van der Waals surface area contributed by atoms with Crippen molar-refractivity contribution in [2.24, 2.45) is 0 Å². The Morgan fingerprint density at radius 3 is 2.72 bits per heavy atom. The molecule has 0 saturated carbocycles. The van der Waals surface area contributed by atoms with Gasteiger partial charge in [0.2, 0.25) is 5.75 Å². The fourth-order valence-corrected chi connectivity index (χ4v) is 1.52. The van der Waals surface area contributed by atoms with E-state index in [4.69, 9.17) is 14.2 Å². The van der Waals surface area contributed by atoms with Gasteiger partial charge < -0.3 is 31.5 Å². The standard InChI is InChI=1S/C13H19NO3.ClH/c1-10(14(2)3)9-17-12-6-4-5-11-13(12)16-8-7-15-11;/h4-6,10H,7-9H2,1-3H3;1H/p-1. The van der Waals surface area contributed by atoms with E-state index in [1.54, 1.807) is 0 Å². The number of fused-ring (bicyclic) bond motifs is 1. The molecule has 0 bridgehead atoms. The average molecular weight is 273 g/mol. The highest BCUT2D eigenvalue weighted by Crippen LogP contribution is 2.38. The van der Waals surface area contributed by atoms with Crippen LogP contribution in [0.5, 0.6) is 17.2 Å². The monoisotopic (exact) mass is 272 g/mol. The molecular weight excluding hydrogens is 254 g/mol. The summed E-state index contributed by atoms with van der Waals surface area (Å²) < 4.78 is 16.9. The number of nitrogens with zero attached hydrogens (tertiary/aromatic N) is 1. The summed E-state index contributed by atoms with van der Waals surface area (Å²) in [6, 6.07) is 6.09. The maximum absolute atomic E-state index is 5.78. The lowest BCUT2D eigenvalue weighted by atomic mass is 10.2. The van der Waals surface area contributed by atoms with Crippen LogP contribution in [0.25, 0.3) is 0 Å². The zero-order valence-corrected chi connectivity index (χ0v) is 11.7. The van der Waals surface area contributed by atoms with Crippen molar-refractivity contribution in [1.29, 1.82) is 0 Å².